The van der Waals surface area contributed by atoms with E-state index in [1.54, 1.807) is 0 Å². The Hall–Kier alpha value is -1.85. The molecule has 0 fully saturated rings. The third kappa shape index (κ3) is 2.10. The number of anilines is 1. The lowest BCUT2D eigenvalue weighted by Crippen LogP contribution is -2.39. The van der Waals surface area contributed by atoms with Crippen molar-refractivity contribution in [3.05, 3.63) is 60.7 Å². The van der Waals surface area contributed by atoms with Crippen LogP contribution in [0.1, 0.15) is 0 Å². The van der Waals surface area contributed by atoms with Crippen molar-refractivity contribution in [2.24, 2.45) is 5.11 Å². The van der Waals surface area contributed by atoms with Crippen LogP contribution in [0.4, 0.5) is 11.4 Å². The normalized spacial score (nSPS) is 18.8. The van der Waals surface area contributed by atoms with Crippen LogP contribution >= 0.6 is 12.6 Å². The van der Waals surface area contributed by atoms with E-state index in [9.17, 15) is 0 Å². The van der Waals surface area contributed by atoms with Crippen molar-refractivity contribution in [1.82, 2.24) is 5.43 Å². The molecule has 2 aromatic rings. The number of rotatable bonds is 2. The van der Waals surface area contributed by atoms with Crippen molar-refractivity contribution in [2.75, 3.05) is 5.12 Å². The van der Waals surface area contributed by atoms with Gasteiger partial charge in [0, 0.05) is 17.2 Å². The van der Waals surface area contributed by atoms with Crippen molar-refractivity contribution in [1.29, 1.82) is 0 Å². The summed E-state index contributed by atoms with van der Waals surface area (Å²) in [6, 6.07) is 20.0. The first-order valence-electron chi connectivity index (χ1n) is 5.70. The van der Waals surface area contributed by atoms with E-state index < -0.39 is 0 Å². The molecule has 4 nitrogen and oxygen atoms in total. The maximum atomic E-state index is 4.43. The molecule has 1 heterocycles. The molecule has 1 N–H and O–H groups in total. The molecule has 0 aliphatic carbocycles. The first-order valence-corrected chi connectivity index (χ1v) is 6.21. The molecule has 18 heavy (non-hydrogen) atoms. The highest BCUT2D eigenvalue weighted by atomic mass is 32.1. The van der Waals surface area contributed by atoms with Crippen LogP contribution in [-0.2, 0) is 0 Å². The van der Waals surface area contributed by atoms with E-state index in [0.717, 1.165) is 11.4 Å². The molecule has 0 unspecified atom stereocenters. The summed E-state index contributed by atoms with van der Waals surface area (Å²) in [6.45, 7) is 0. The maximum Gasteiger partial charge on any atom is 0.267 e. The van der Waals surface area contributed by atoms with Gasteiger partial charge in [0.15, 0.2) is 0 Å². The van der Waals surface area contributed by atoms with Crippen LogP contribution in [0.3, 0.4) is 0 Å². The molecule has 3 rings (SSSR count). The number of nitrogens with one attached hydrogen (secondary N) is 1. The number of nitrogens with zero attached hydrogens (tertiary/aromatic N) is 3. The molecule has 5 heteroatoms. The van der Waals surface area contributed by atoms with E-state index in [-0.39, 0.29) is 5.50 Å². The summed E-state index contributed by atoms with van der Waals surface area (Å²) in [5, 5.41) is 6.31. The molecule has 0 spiro atoms. The van der Waals surface area contributed by atoms with E-state index in [2.05, 4.69) is 23.2 Å². The van der Waals surface area contributed by atoms with Gasteiger partial charge in [-0.15, -0.1) is 18.1 Å². The number of benzene rings is 2. The summed E-state index contributed by atoms with van der Waals surface area (Å²) in [6.07, 6.45) is 0. The second-order valence-electron chi connectivity index (χ2n) is 3.89. The van der Waals surface area contributed by atoms with Gasteiger partial charge in [0.2, 0.25) is 5.50 Å². The summed E-state index contributed by atoms with van der Waals surface area (Å²) < 4.78 is 0. The number of para-hydroxylation sites is 2. The quantitative estimate of drug-likeness (QED) is 0.640. The largest absolute Gasteiger partial charge is 0.267 e. The number of azo groups is 1. The molecule has 0 saturated carbocycles. The SMILES string of the molecule is S[C@@H]1N=[N+](c2ccccc2)N(c2ccccc2)N1. The number of hydrogen-bond donors (Lipinski definition) is 2. The highest BCUT2D eigenvalue weighted by Gasteiger charge is 2.33. The van der Waals surface area contributed by atoms with Gasteiger partial charge in [0.05, 0.1) is 4.81 Å². The molecular weight excluding hydrogens is 244 g/mol. The highest BCUT2D eigenvalue weighted by molar-refractivity contribution is 7.80. The van der Waals surface area contributed by atoms with Crippen LogP contribution in [0.2, 0.25) is 0 Å². The smallest absolute Gasteiger partial charge is 0.137 e. The third-order valence-electron chi connectivity index (χ3n) is 2.63. The molecule has 90 valence electrons. The van der Waals surface area contributed by atoms with Gasteiger partial charge in [-0.05, 0) is 17.3 Å². The fraction of sp³-hybridized carbons (Fsp3) is 0.0769. The fourth-order valence-electron chi connectivity index (χ4n) is 1.84. The Morgan fingerprint density at radius 2 is 1.61 bits per heavy atom. The zero-order valence-electron chi connectivity index (χ0n) is 9.64. The Morgan fingerprint density at radius 3 is 2.28 bits per heavy atom. The van der Waals surface area contributed by atoms with Gasteiger partial charge in [0.25, 0.3) is 5.69 Å². The summed E-state index contributed by atoms with van der Waals surface area (Å²) >= 11 is 4.35. The van der Waals surface area contributed by atoms with Crippen molar-refractivity contribution >= 4 is 24.0 Å². The fourth-order valence-corrected chi connectivity index (χ4v) is 2.05. The minimum absolute atomic E-state index is 0.245. The summed E-state index contributed by atoms with van der Waals surface area (Å²) in [4.78, 5) is 1.81. The molecule has 1 aliphatic heterocycles. The topological polar surface area (TPSA) is 30.6 Å². The standard InChI is InChI=1S/C13H12N4S/c18-13-14-16(11-7-3-1-4-8-11)17(15-13)12-9-5-2-6-10-12/h1-10,13-14H/p+1/t13-/m0/s1. The Labute approximate surface area is 111 Å². The second-order valence-corrected chi connectivity index (χ2v) is 4.38. The number of hydrazine groups is 2. The van der Waals surface area contributed by atoms with Gasteiger partial charge in [-0.3, -0.25) is 0 Å². The van der Waals surface area contributed by atoms with Crippen LogP contribution in [0.15, 0.2) is 65.8 Å². The molecule has 1 aliphatic rings. The highest BCUT2D eigenvalue weighted by Crippen LogP contribution is 2.24. The summed E-state index contributed by atoms with van der Waals surface area (Å²) in [5.41, 5.74) is 4.94. The van der Waals surface area contributed by atoms with Crippen LogP contribution in [0.25, 0.3) is 0 Å². The molecule has 2 aromatic carbocycles. The lowest BCUT2D eigenvalue weighted by atomic mass is 10.3. The zero-order chi connectivity index (χ0) is 12.4. The first kappa shape index (κ1) is 11.3. The molecule has 0 radical (unpaired) electrons. The number of hydrogen-bond acceptors (Lipinski definition) is 4. The summed E-state index contributed by atoms with van der Waals surface area (Å²) in [5.74, 6) is 0. The van der Waals surface area contributed by atoms with Gasteiger partial charge in [-0.1, -0.05) is 36.4 Å². The summed E-state index contributed by atoms with van der Waals surface area (Å²) in [7, 11) is 0. The van der Waals surface area contributed by atoms with Gasteiger partial charge in [-0.2, -0.15) is 0 Å². The van der Waals surface area contributed by atoms with E-state index in [1.165, 1.54) is 0 Å². The first-order chi connectivity index (χ1) is 8.84. The van der Waals surface area contributed by atoms with Crippen molar-refractivity contribution in [2.45, 2.75) is 5.50 Å². The van der Waals surface area contributed by atoms with E-state index >= 15 is 0 Å². The lowest BCUT2D eigenvalue weighted by Gasteiger charge is -2.11. The minimum atomic E-state index is -0.245. The Bertz CT molecular complexity index is 556. The van der Waals surface area contributed by atoms with Crippen LogP contribution < -0.4 is 10.5 Å². The van der Waals surface area contributed by atoms with Gasteiger partial charge >= 0.3 is 0 Å². The van der Waals surface area contributed by atoms with Crippen molar-refractivity contribution in [3.63, 3.8) is 0 Å². The van der Waals surface area contributed by atoms with Gasteiger partial charge in [-0.25, -0.2) is 0 Å². The average molecular weight is 257 g/mol. The van der Waals surface area contributed by atoms with Gasteiger partial charge in [0.1, 0.15) is 5.69 Å². The molecule has 0 aromatic heterocycles. The van der Waals surface area contributed by atoms with Crippen LogP contribution in [0.5, 0.6) is 0 Å². The lowest BCUT2D eigenvalue weighted by molar-refractivity contribution is -0.517. The minimum Gasteiger partial charge on any atom is -0.137 e. The van der Waals surface area contributed by atoms with E-state index in [0.29, 0.717) is 0 Å². The van der Waals surface area contributed by atoms with Crippen LogP contribution in [0, 0.1) is 0 Å². The molecule has 0 saturated heterocycles. The predicted molar refractivity (Wildman–Crippen MR) is 73.6 cm³/mol. The van der Waals surface area contributed by atoms with Crippen LogP contribution in [-0.4, -0.2) is 10.3 Å². The molecular formula is C13H13N4S+. The monoisotopic (exact) mass is 257 g/mol. The Kier molecular flexibility index (Phi) is 3.00. The Morgan fingerprint density at radius 1 is 1.00 bits per heavy atom. The third-order valence-corrected chi connectivity index (χ3v) is 2.85. The van der Waals surface area contributed by atoms with Gasteiger partial charge < -0.3 is 0 Å². The predicted octanol–water partition coefficient (Wildman–Crippen LogP) is 2.94. The maximum absolute atomic E-state index is 4.43. The molecule has 0 amide bonds. The molecule has 1 atom stereocenters. The second kappa shape index (κ2) is 4.80. The van der Waals surface area contributed by atoms with E-state index in [1.807, 2.05) is 70.6 Å². The van der Waals surface area contributed by atoms with Crippen molar-refractivity contribution < 1.29 is 4.81 Å². The molecule has 0 bridgehead atoms. The van der Waals surface area contributed by atoms with E-state index in [4.69, 9.17) is 0 Å². The van der Waals surface area contributed by atoms with Crippen molar-refractivity contribution in [3.8, 4) is 0 Å². The zero-order valence-corrected chi connectivity index (χ0v) is 10.5. The number of thiol groups is 1. The average Bonchev–Trinajstić information content (AvgIpc) is 2.83. The Balaban J connectivity index is 1.99.